The molecule has 1 aromatic rings. The van der Waals surface area contributed by atoms with Gasteiger partial charge in [0.1, 0.15) is 0 Å². The number of carbonyl (C=O) groups is 1. The van der Waals surface area contributed by atoms with Crippen LogP contribution in [0, 0.1) is 5.92 Å². The topological polar surface area (TPSA) is 49.6 Å². The quantitative estimate of drug-likeness (QED) is 0.905. The Morgan fingerprint density at radius 2 is 1.91 bits per heavy atom. The van der Waals surface area contributed by atoms with Crippen LogP contribution in [0.5, 0.6) is 0 Å². The Balaban J connectivity index is 0.00000242. The van der Waals surface area contributed by atoms with E-state index in [4.69, 9.17) is 5.73 Å². The van der Waals surface area contributed by atoms with Gasteiger partial charge in [0.2, 0.25) is 5.91 Å². The summed E-state index contributed by atoms with van der Waals surface area (Å²) in [7, 11) is 0. The summed E-state index contributed by atoms with van der Waals surface area (Å²) in [5.41, 5.74) is 6.95. The molecule has 1 unspecified atom stereocenters. The third-order valence-corrected chi connectivity index (χ3v) is 4.42. The van der Waals surface area contributed by atoms with Crippen molar-refractivity contribution in [2.75, 3.05) is 31.1 Å². The predicted octanol–water partition coefficient (Wildman–Crippen LogP) is 2.52. The van der Waals surface area contributed by atoms with Crippen LogP contribution in [-0.2, 0) is 4.79 Å². The molecule has 124 valence electrons. The average molecular weight is 326 g/mol. The number of hydrogen-bond acceptors (Lipinski definition) is 3. The lowest BCUT2D eigenvalue weighted by atomic mass is 9.91. The van der Waals surface area contributed by atoms with E-state index in [0.717, 1.165) is 31.6 Å². The molecule has 1 heterocycles. The summed E-state index contributed by atoms with van der Waals surface area (Å²) in [6, 6.07) is 10.2. The van der Waals surface area contributed by atoms with Crippen LogP contribution in [0.3, 0.4) is 0 Å². The molecule has 0 saturated carbocycles. The molecule has 1 fully saturated rings. The van der Waals surface area contributed by atoms with Crippen molar-refractivity contribution >= 4 is 24.0 Å². The highest BCUT2D eigenvalue weighted by Gasteiger charge is 2.24. The molecule has 5 heteroatoms. The lowest BCUT2D eigenvalue weighted by Gasteiger charge is -2.34. The first-order valence-electron chi connectivity index (χ1n) is 7.95. The second-order valence-corrected chi connectivity index (χ2v) is 5.95. The summed E-state index contributed by atoms with van der Waals surface area (Å²) in [5, 5.41) is 0. The first-order chi connectivity index (χ1) is 10.1. The van der Waals surface area contributed by atoms with Crippen LogP contribution in [0.1, 0.15) is 26.7 Å². The molecule has 2 N–H and O–H groups in total. The Morgan fingerprint density at radius 3 is 2.41 bits per heavy atom. The average Bonchev–Trinajstić information content (AvgIpc) is 2.49. The van der Waals surface area contributed by atoms with Crippen molar-refractivity contribution in [3.8, 4) is 0 Å². The molecule has 1 saturated heterocycles. The lowest BCUT2D eigenvalue weighted by Crippen LogP contribution is -2.45. The van der Waals surface area contributed by atoms with Crippen LogP contribution in [0.15, 0.2) is 30.3 Å². The smallest absolute Gasteiger partial charge is 0.241 e. The minimum atomic E-state index is 0. The molecule has 22 heavy (non-hydrogen) atoms. The number of likely N-dealkylation sites (N-methyl/N-ethyl adjacent to an activating group) is 1. The van der Waals surface area contributed by atoms with Crippen LogP contribution in [-0.4, -0.2) is 43.0 Å². The number of nitrogens with two attached hydrogens (primary N) is 1. The van der Waals surface area contributed by atoms with Gasteiger partial charge in [-0.3, -0.25) is 9.69 Å². The Bertz CT molecular complexity index is 444. The maximum absolute atomic E-state index is 12.5. The van der Waals surface area contributed by atoms with E-state index in [1.807, 2.05) is 42.2 Å². The molecule has 2 rings (SSSR count). The highest BCUT2D eigenvalue weighted by atomic mass is 35.5. The first-order valence-corrected chi connectivity index (χ1v) is 7.95. The SMILES string of the molecule is CCN(C(=O)CN1CCC(C(C)N)CC1)c1ccccc1.Cl. The van der Waals surface area contributed by atoms with E-state index in [-0.39, 0.29) is 24.4 Å². The van der Waals surface area contributed by atoms with Crippen LogP contribution in [0.25, 0.3) is 0 Å². The van der Waals surface area contributed by atoms with Crippen molar-refractivity contribution in [1.82, 2.24) is 4.90 Å². The molecule has 0 bridgehead atoms. The van der Waals surface area contributed by atoms with E-state index < -0.39 is 0 Å². The van der Waals surface area contributed by atoms with Gasteiger partial charge in [0.25, 0.3) is 0 Å². The fraction of sp³-hybridized carbons (Fsp3) is 0.588. The lowest BCUT2D eigenvalue weighted by molar-refractivity contribution is -0.120. The van der Waals surface area contributed by atoms with Gasteiger partial charge in [-0.1, -0.05) is 18.2 Å². The molecular weight excluding hydrogens is 298 g/mol. The number of rotatable bonds is 5. The summed E-state index contributed by atoms with van der Waals surface area (Å²) in [5.74, 6) is 0.788. The minimum absolute atomic E-state index is 0. The fourth-order valence-electron chi connectivity index (χ4n) is 3.02. The van der Waals surface area contributed by atoms with Gasteiger partial charge in [-0.05, 0) is 57.8 Å². The monoisotopic (exact) mass is 325 g/mol. The van der Waals surface area contributed by atoms with E-state index in [0.29, 0.717) is 19.0 Å². The van der Waals surface area contributed by atoms with Crippen LogP contribution in [0.2, 0.25) is 0 Å². The molecule has 0 spiro atoms. The van der Waals surface area contributed by atoms with Crippen LogP contribution in [0.4, 0.5) is 5.69 Å². The van der Waals surface area contributed by atoms with Gasteiger partial charge in [0, 0.05) is 18.3 Å². The summed E-state index contributed by atoms with van der Waals surface area (Å²) in [6.07, 6.45) is 2.20. The number of halogens is 1. The van der Waals surface area contributed by atoms with Crippen molar-refractivity contribution in [3.63, 3.8) is 0 Å². The Labute approximate surface area is 140 Å². The molecule has 0 aliphatic carbocycles. The second kappa shape index (κ2) is 9.13. The number of benzene rings is 1. The Hall–Kier alpha value is -1.10. The molecule has 4 nitrogen and oxygen atoms in total. The van der Waals surface area contributed by atoms with Gasteiger partial charge in [0.15, 0.2) is 0 Å². The zero-order valence-corrected chi connectivity index (χ0v) is 14.4. The summed E-state index contributed by atoms with van der Waals surface area (Å²) in [6.45, 7) is 7.27. The maximum Gasteiger partial charge on any atom is 0.241 e. The fourth-order valence-corrected chi connectivity index (χ4v) is 3.02. The molecule has 0 radical (unpaired) electrons. The van der Waals surface area contributed by atoms with E-state index in [1.54, 1.807) is 0 Å². The predicted molar refractivity (Wildman–Crippen MR) is 94.5 cm³/mol. The van der Waals surface area contributed by atoms with Crippen LogP contribution < -0.4 is 10.6 Å². The maximum atomic E-state index is 12.5. The molecule has 1 aliphatic heterocycles. The van der Waals surface area contributed by atoms with Crippen molar-refractivity contribution in [2.24, 2.45) is 11.7 Å². The molecule has 0 aromatic heterocycles. The van der Waals surface area contributed by atoms with Crippen LogP contribution >= 0.6 is 12.4 Å². The van der Waals surface area contributed by atoms with Gasteiger partial charge >= 0.3 is 0 Å². The van der Waals surface area contributed by atoms with Gasteiger partial charge in [-0.15, -0.1) is 12.4 Å². The van der Waals surface area contributed by atoms with Gasteiger partial charge in [0.05, 0.1) is 6.54 Å². The normalized spacial score (nSPS) is 17.6. The second-order valence-electron chi connectivity index (χ2n) is 5.95. The van der Waals surface area contributed by atoms with Crippen molar-refractivity contribution < 1.29 is 4.79 Å². The molecular formula is C17H28ClN3O. The molecule has 1 amide bonds. The number of carbonyl (C=O) groups excluding carboxylic acids is 1. The zero-order valence-electron chi connectivity index (χ0n) is 13.6. The number of piperidine rings is 1. The summed E-state index contributed by atoms with van der Waals surface area (Å²) < 4.78 is 0. The number of amides is 1. The van der Waals surface area contributed by atoms with Crippen molar-refractivity contribution in [2.45, 2.75) is 32.7 Å². The third-order valence-electron chi connectivity index (χ3n) is 4.42. The van der Waals surface area contributed by atoms with E-state index >= 15 is 0 Å². The first kappa shape index (κ1) is 18.9. The number of likely N-dealkylation sites (tertiary alicyclic amines) is 1. The number of para-hydroxylation sites is 1. The summed E-state index contributed by atoms with van der Waals surface area (Å²) in [4.78, 5) is 16.6. The number of anilines is 1. The standard InChI is InChI=1S/C17H27N3O.ClH/c1-3-20(16-7-5-4-6-8-16)17(21)13-19-11-9-15(10-12-19)14(2)18;/h4-8,14-15H,3,9-13,18H2,1-2H3;1H. The Morgan fingerprint density at radius 1 is 1.32 bits per heavy atom. The third kappa shape index (κ3) is 4.97. The largest absolute Gasteiger partial charge is 0.328 e. The summed E-state index contributed by atoms with van der Waals surface area (Å²) >= 11 is 0. The Kier molecular flexibility index (Phi) is 7.87. The van der Waals surface area contributed by atoms with E-state index in [2.05, 4.69) is 11.8 Å². The number of hydrogen-bond donors (Lipinski definition) is 1. The van der Waals surface area contributed by atoms with Crippen molar-refractivity contribution in [3.05, 3.63) is 30.3 Å². The highest BCUT2D eigenvalue weighted by molar-refractivity contribution is 5.94. The minimum Gasteiger partial charge on any atom is -0.328 e. The molecule has 1 aliphatic rings. The zero-order chi connectivity index (χ0) is 15.2. The van der Waals surface area contributed by atoms with Crippen molar-refractivity contribution in [1.29, 1.82) is 0 Å². The molecule has 1 atom stereocenters. The van der Waals surface area contributed by atoms with Gasteiger partial charge < -0.3 is 10.6 Å². The van der Waals surface area contributed by atoms with E-state index in [1.165, 1.54) is 0 Å². The number of nitrogens with zero attached hydrogens (tertiary/aromatic N) is 2. The van der Waals surface area contributed by atoms with Gasteiger partial charge in [-0.2, -0.15) is 0 Å². The molecule has 1 aromatic carbocycles. The van der Waals surface area contributed by atoms with E-state index in [9.17, 15) is 4.79 Å². The highest BCUT2D eigenvalue weighted by Crippen LogP contribution is 2.20. The van der Waals surface area contributed by atoms with Gasteiger partial charge in [-0.25, -0.2) is 0 Å².